The van der Waals surface area contributed by atoms with Gasteiger partial charge in [0.25, 0.3) is 0 Å². The number of carbonyl (C=O) groups is 1. The van der Waals surface area contributed by atoms with Gasteiger partial charge in [0.1, 0.15) is 0 Å². The molecule has 17 heavy (non-hydrogen) atoms. The van der Waals surface area contributed by atoms with E-state index in [-0.39, 0.29) is 11.2 Å². The van der Waals surface area contributed by atoms with Crippen LogP contribution in [0.25, 0.3) is 11.2 Å². The van der Waals surface area contributed by atoms with Crippen molar-refractivity contribution in [3.8, 4) is 0 Å². The van der Waals surface area contributed by atoms with E-state index < -0.39 is 0 Å². The van der Waals surface area contributed by atoms with Crippen LogP contribution in [0.1, 0.15) is 36.3 Å². The molecule has 0 spiro atoms. The second-order valence-electron chi connectivity index (χ2n) is 5.22. The number of rotatable bonds is 0. The SMILES string of the molecule is CC1(C)CC(=O)c2c(nc3nonc3c2N)C1. The number of nitrogen functional groups attached to an aromatic ring is 1. The Kier molecular flexibility index (Phi) is 1.81. The molecule has 88 valence electrons. The molecule has 0 radical (unpaired) electrons. The molecule has 0 aliphatic heterocycles. The van der Waals surface area contributed by atoms with Crippen LogP contribution < -0.4 is 5.73 Å². The van der Waals surface area contributed by atoms with Crippen molar-refractivity contribution in [1.82, 2.24) is 15.3 Å². The highest BCUT2D eigenvalue weighted by molar-refractivity contribution is 6.07. The number of ketones is 1. The highest BCUT2D eigenvalue weighted by Crippen LogP contribution is 2.37. The fourth-order valence-electron chi connectivity index (χ4n) is 2.36. The molecular formula is C11H12N4O2. The molecule has 0 bridgehead atoms. The van der Waals surface area contributed by atoms with Crippen molar-refractivity contribution in [2.75, 3.05) is 5.73 Å². The molecule has 0 amide bonds. The van der Waals surface area contributed by atoms with Crippen LogP contribution in [-0.4, -0.2) is 21.1 Å². The van der Waals surface area contributed by atoms with Gasteiger partial charge >= 0.3 is 0 Å². The molecule has 2 aromatic heterocycles. The zero-order chi connectivity index (χ0) is 12.2. The molecule has 2 aromatic rings. The van der Waals surface area contributed by atoms with Gasteiger partial charge in [-0.15, -0.1) is 0 Å². The molecule has 0 fully saturated rings. The van der Waals surface area contributed by atoms with Gasteiger partial charge in [-0.1, -0.05) is 13.8 Å². The quantitative estimate of drug-likeness (QED) is 0.736. The van der Waals surface area contributed by atoms with Crippen LogP contribution in [-0.2, 0) is 6.42 Å². The minimum atomic E-state index is -0.0889. The van der Waals surface area contributed by atoms with Crippen LogP contribution in [0.4, 0.5) is 5.69 Å². The van der Waals surface area contributed by atoms with Crippen LogP contribution in [0, 0.1) is 5.41 Å². The van der Waals surface area contributed by atoms with Gasteiger partial charge in [-0.25, -0.2) is 9.61 Å². The number of hydrogen-bond donors (Lipinski definition) is 1. The molecule has 6 nitrogen and oxygen atoms in total. The highest BCUT2D eigenvalue weighted by Gasteiger charge is 2.34. The molecule has 1 aliphatic carbocycles. The van der Waals surface area contributed by atoms with Crippen LogP contribution >= 0.6 is 0 Å². The number of carbonyl (C=O) groups excluding carboxylic acids is 1. The summed E-state index contributed by atoms with van der Waals surface area (Å²) in [7, 11) is 0. The minimum Gasteiger partial charge on any atom is -0.396 e. The average Bonchev–Trinajstić information content (AvgIpc) is 2.62. The van der Waals surface area contributed by atoms with E-state index in [1.165, 1.54) is 0 Å². The van der Waals surface area contributed by atoms with Gasteiger partial charge in [0.2, 0.25) is 5.65 Å². The lowest BCUT2D eigenvalue weighted by molar-refractivity contribution is 0.0912. The third kappa shape index (κ3) is 1.40. The third-order valence-electron chi connectivity index (χ3n) is 3.09. The van der Waals surface area contributed by atoms with Crippen molar-refractivity contribution >= 4 is 22.6 Å². The first kappa shape index (κ1) is 10.2. The summed E-state index contributed by atoms with van der Waals surface area (Å²) >= 11 is 0. The van der Waals surface area contributed by atoms with Crippen molar-refractivity contribution in [3.63, 3.8) is 0 Å². The topological polar surface area (TPSA) is 94.9 Å². The number of aromatic nitrogens is 3. The number of pyridine rings is 1. The lowest BCUT2D eigenvalue weighted by Gasteiger charge is -2.29. The van der Waals surface area contributed by atoms with Gasteiger partial charge in [-0.05, 0) is 22.1 Å². The normalized spacial score (nSPS) is 18.4. The van der Waals surface area contributed by atoms with Gasteiger partial charge in [-0.2, -0.15) is 0 Å². The van der Waals surface area contributed by atoms with E-state index in [1.807, 2.05) is 13.8 Å². The Morgan fingerprint density at radius 3 is 2.82 bits per heavy atom. The lowest BCUT2D eigenvalue weighted by Crippen LogP contribution is -2.28. The molecule has 0 saturated carbocycles. The van der Waals surface area contributed by atoms with E-state index in [1.54, 1.807) is 0 Å². The highest BCUT2D eigenvalue weighted by atomic mass is 16.6. The zero-order valence-corrected chi connectivity index (χ0v) is 9.65. The van der Waals surface area contributed by atoms with E-state index in [9.17, 15) is 4.79 Å². The molecule has 0 unspecified atom stereocenters. The zero-order valence-electron chi connectivity index (χ0n) is 9.65. The Balaban J connectivity index is 2.32. The molecule has 0 atom stereocenters. The first-order valence-corrected chi connectivity index (χ1v) is 5.42. The first-order valence-electron chi connectivity index (χ1n) is 5.42. The van der Waals surface area contributed by atoms with Crippen LogP contribution in [0.3, 0.4) is 0 Å². The maximum absolute atomic E-state index is 12.1. The van der Waals surface area contributed by atoms with Crippen molar-refractivity contribution in [3.05, 3.63) is 11.3 Å². The number of fused-ring (bicyclic) bond motifs is 2. The van der Waals surface area contributed by atoms with Gasteiger partial charge in [0.05, 0.1) is 16.9 Å². The predicted octanol–water partition coefficient (Wildman–Crippen LogP) is 1.36. The number of nitrogens with two attached hydrogens (primary N) is 1. The Labute approximate surface area is 97.2 Å². The largest absolute Gasteiger partial charge is 0.396 e. The Morgan fingerprint density at radius 1 is 1.29 bits per heavy atom. The third-order valence-corrected chi connectivity index (χ3v) is 3.09. The van der Waals surface area contributed by atoms with E-state index >= 15 is 0 Å². The standard InChI is InChI=1S/C11H12N4O2/c1-11(2)3-5-7(6(16)4-11)8(12)9-10(13-5)15-17-14-9/h3-4,12H2,1-2H3. The summed E-state index contributed by atoms with van der Waals surface area (Å²) in [4.78, 5) is 16.4. The summed E-state index contributed by atoms with van der Waals surface area (Å²) in [5, 5.41) is 7.34. The predicted molar refractivity (Wildman–Crippen MR) is 60.4 cm³/mol. The summed E-state index contributed by atoms with van der Waals surface area (Å²) in [6.07, 6.45) is 1.18. The second kappa shape index (κ2) is 3.03. The Hall–Kier alpha value is -1.98. The molecule has 2 heterocycles. The minimum absolute atomic E-state index is 0.0196. The Morgan fingerprint density at radius 2 is 2.06 bits per heavy atom. The molecule has 1 aliphatic rings. The van der Waals surface area contributed by atoms with E-state index in [0.29, 0.717) is 41.0 Å². The van der Waals surface area contributed by atoms with Crippen molar-refractivity contribution in [2.45, 2.75) is 26.7 Å². The maximum Gasteiger partial charge on any atom is 0.226 e. The van der Waals surface area contributed by atoms with Crippen LogP contribution in [0.2, 0.25) is 0 Å². The van der Waals surface area contributed by atoms with Gasteiger partial charge in [-0.3, -0.25) is 4.79 Å². The summed E-state index contributed by atoms with van der Waals surface area (Å²) in [5.74, 6) is 0.0196. The van der Waals surface area contributed by atoms with Crippen LogP contribution in [0.15, 0.2) is 4.63 Å². The van der Waals surface area contributed by atoms with Crippen molar-refractivity contribution in [1.29, 1.82) is 0 Å². The molecule has 0 saturated heterocycles. The summed E-state index contributed by atoms with van der Waals surface area (Å²) in [5.41, 5.74) is 8.12. The monoisotopic (exact) mass is 232 g/mol. The number of anilines is 1. The van der Waals surface area contributed by atoms with Gasteiger partial charge < -0.3 is 5.73 Å². The number of Topliss-reactive ketones (excluding diaryl/α,β-unsaturated/α-hetero) is 1. The number of nitrogens with zero attached hydrogens (tertiary/aromatic N) is 3. The van der Waals surface area contributed by atoms with Crippen LogP contribution in [0.5, 0.6) is 0 Å². The molecule has 6 heteroatoms. The summed E-state index contributed by atoms with van der Waals surface area (Å²) < 4.78 is 4.60. The molecule has 2 N–H and O–H groups in total. The fourth-order valence-corrected chi connectivity index (χ4v) is 2.36. The van der Waals surface area contributed by atoms with E-state index in [2.05, 4.69) is 19.9 Å². The van der Waals surface area contributed by atoms with Gasteiger partial charge in [0, 0.05) is 6.42 Å². The molecule has 3 rings (SSSR count). The maximum atomic E-state index is 12.1. The summed E-state index contributed by atoms with van der Waals surface area (Å²) in [6, 6.07) is 0. The Bertz CT molecular complexity index is 630. The van der Waals surface area contributed by atoms with E-state index in [4.69, 9.17) is 5.73 Å². The second-order valence-corrected chi connectivity index (χ2v) is 5.22. The lowest BCUT2D eigenvalue weighted by atomic mass is 9.75. The summed E-state index contributed by atoms with van der Waals surface area (Å²) in [6.45, 7) is 4.08. The smallest absolute Gasteiger partial charge is 0.226 e. The van der Waals surface area contributed by atoms with Crippen molar-refractivity contribution < 1.29 is 9.42 Å². The van der Waals surface area contributed by atoms with Gasteiger partial charge in [0.15, 0.2) is 11.3 Å². The van der Waals surface area contributed by atoms with E-state index in [0.717, 1.165) is 0 Å². The average molecular weight is 232 g/mol. The molecular weight excluding hydrogens is 220 g/mol. The van der Waals surface area contributed by atoms with Crippen molar-refractivity contribution in [2.24, 2.45) is 5.41 Å². The molecule has 0 aromatic carbocycles. The first-order chi connectivity index (χ1) is 7.98. The number of hydrogen-bond acceptors (Lipinski definition) is 6. The fraction of sp³-hybridized carbons (Fsp3) is 0.455.